The third kappa shape index (κ3) is 3.36. The van der Waals surface area contributed by atoms with Crippen LogP contribution in [-0.4, -0.2) is 61.3 Å². The zero-order chi connectivity index (χ0) is 21.4. The first-order valence-electron chi connectivity index (χ1n) is 10.1. The van der Waals surface area contributed by atoms with Crippen LogP contribution in [0.25, 0.3) is 11.4 Å². The van der Waals surface area contributed by atoms with E-state index in [1.807, 2.05) is 30.5 Å². The average Bonchev–Trinajstić information content (AvgIpc) is 3.26. The first-order chi connectivity index (χ1) is 15.1. The van der Waals surface area contributed by atoms with E-state index >= 15 is 0 Å². The van der Waals surface area contributed by atoms with Crippen LogP contribution in [0.3, 0.4) is 0 Å². The van der Waals surface area contributed by atoms with Gasteiger partial charge in [0.1, 0.15) is 0 Å². The number of carbonyl (C=O) groups is 1. The molecule has 1 spiro atoms. The normalized spacial score (nSPS) is 16.4. The number of methoxy groups -OCH3 is 1. The van der Waals surface area contributed by atoms with Gasteiger partial charge in [0.05, 0.1) is 54.1 Å². The lowest BCUT2D eigenvalue weighted by Gasteiger charge is -2.56. The largest absolute Gasteiger partial charge is 0.491 e. The third-order valence-corrected chi connectivity index (χ3v) is 5.80. The number of anilines is 3. The van der Waals surface area contributed by atoms with Crippen molar-refractivity contribution in [1.82, 2.24) is 20.3 Å². The molecule has 0 radical (unpaired) electrons. The van der Waals surface area contributed by atoms with Crippen LogP contribution in [0.5, 0.6) is 5.75 Å². The molecule has 1 amide bonds. The number of aromatic nitrogens is 3. The maximum atomic E-state index is 12.4. The van der Waals surface area contributed by atoms with E-state index in [9.17, 15) is 4.79 Å². The molecule has 0 atom stereocenters. The van der Waals surface area contributed by atoms with Gasteiger partial charge in [-0.25, -0.2) is 4.98 Å². The molecule has 5 rings (SSSR count). The van der Waals surface area contributed by atoms with E-state index in [2.05, 4.69) is 30.5 Å². The fourth-order valence-electron chi connectivity index (χ4n) is 4.12. The number of aromatic amines is 1. The van der Waals surface area contributed by atoms with Crippen molar-refractivity contribution < 1.29 is 14.3 Å². The third-order valence-electron chi connectivity index (χ3n) is 5.80. The predicted molar refractivity (Wildman–Crippen MR) is 117 cm³/mol. The van der Waals surface area contributed by atoms with E-state index in [0.717, 1.165) is 37.7 Å². The van der Waals surface area contributed by atoms with Gasteiger partial charge in [-0.3, -0.25) is 9.78 Å². The molecular formula is C22H24N6O3. The number of rotatable bonds is 6. The van der Waals surface area contributed by atoms with Gasteiger partial charge in [-0.2, -0.15) is 0 Å². The molecular weight excluding hydrogens is 396 g/mol. The van der Waals surface area contributed by atoms with Gasteiger partial charge in [-0.05, 0) is 24.3 Å². The number of hydrogen-bond acceptors (Lipinski definition) is 7. The Morgan fingerprint density at radius 3 is 2.77 bits per heavy atom. The minimum absolute atomic E-state index is 0.238. The highest BCUT2D eigenvalue weighted by Gasteiger charge is 2.49. The van der Waals surface area contributed by atoms with Crippen molar-refractivity contribution in [2.75, 3.05) is 50.7 Å². The summed E-state index contributed by atoms with van der Waals surface area (Å²) in [6.07, 6.45) is 5.14. The average molecular weight is 420 g/mol. The summed E-state index contributed by atoms with van der Waals surface area (Å²) >= 11 is 0. The fourth-order valence-corrected chi connectivity index (χ4v) is 4.12. The van der Waals surface area contributed by atoms with Gasteiger partial charge in [0.2, 0.25) is 0 Å². The number of hydrogen-bond donors (Lipinski definition) is 3. The van der Waals surface area contributed by atoms with Crippen molar-refractivity contribution in [2.45, 2.75) is 0 Å². The van der Waals surface area contributed by atoms with Gasteiger partial charge < -0.3 is 30.0 Å². The molecule has 2 saturated heterocycles. The standard InChI is InChI=1S/C22H24N6O3/c1-23-21(29)14-9-26-17(15-4-3-6-24-15)8-16(14)27-20-19(30-2)18(5-7-25-20)28-10-22(11-28)12-31-13-22/h3-9,24H,10-13H2,1-2H3,(H,23,29)(H,25,26,27). The van der Waals surface area contributed by atoms with Crippen LogP contribution >= 0.6 is 0 Å². The van der Waals surface area contributed by atoms with Crippen LogP contribution in [0.4, 0.5) is 17.2 Å². The van der Waals surface area contributed by atoms with E-state index < -0.39 is 0 Å². The molecule has 3 N–H and O–H groups in total. The summed E-state index contributed by atoms with van der Waals surface area (Å²) in [5.74, 6) is 0.941. The Balaban J connectivity index is 1.49. The zero-order valence-corrected chi connectivity index (χ0v) is 17.4. The quantitative estimate of drug-likeness (QED) is 0.563. The highest BCUT2D eigenvalue weighted by Crippen LogP contribution is 2.45. The SMILES string of the molecule is CNC(=O)c1cnc(-c2ccc[nH]2)cc1Nc1nccc(N2CC3(COC3)C2)c1OC. The second kappa shape index (κ2) is 7.59. The number of pyridine rings is 2. The predicted octanol–water partition coefficient (Wildman–Crippen LogP) is 2.42. The van der Waals surface area contributed by atoms with Gasteiger partial charge in [-0.1, -0.05) is 0 Å². The van der Waals surface area contributed by atoms with Crippen LogP contribution in [0, 0.1) is 5.41 Å². The first-order valence-corrected chi connectivity index (χ1v) is 10.1. The molecule has 5 heterocycles. The summed E-state index contributed by atoms with van der Waals surface area (Å²) in [5, 5.41) is 5.96. The highest BCUT2D eigenvalue weighted by atomic mass is 16.5. The molecule has 0 bridgehead atoms. The molecule has 2 aliphatic heterocycles. The lowest BCUT2D eigenvalue weighted by atomic mass is 9.78. The maximum Gasteiger partial charge on any atom is 0.254 e. The van der Waals surface area contributed by atoms with Crippen LogP contribution in [0.15, 0.2) is 42.9 Å². The monoisotopic (exact) mass is 420 g/mol. The van der Waals surface area contributed by atoms with E-state index in [-0.39, 0.29) is 11.3 Å². The molecule has 3 aromatic rings. The van der Waals surface area contributed by atoms with Crippen molar-refractivity contribution >= 4 is 23.1 Å². The summed E-state index contributed by atoms with van der Waals surface area (Å²) in [4.78, 5) is 26.8. The van der Waals surface area contributed by atoms with Crippen molar-refractivity contribution in [1.29, 1.82) is 0 Å². The first kappa shape index (κ1) is 19.4. The minimum Gasteiger partial charge on any atom is -0.491 e. The van der Waals surface area contributed by atoms with Gasteiger partial charge in [-0.15, -0.1) is 0 Å². The van der Waals surface area contributed by atoms with Crippen molar-refractivity contribution in [2.24, 2.45) is 5.41 Å². The number of nitrogens with one attached hydrogen (secondary N) is 3. The van der Waals surface area contributed by atoms with Crippen LogP contribution in [0.2, 0.25) is 0 Å². The molecule has 31 heavy (non-hydrogen) atoms. The summed E-state index contributed by atoms with van der Waals surface area (Å²) in [7, 11) is 3.22. The lowest BCUT2D eigenvalue weighted by Crippen LogP contribution is -2.66. The highest BCUT2D eigenvalue weighted by molar-refractivity contribution is 6.00. The van der Waals surface area contributed by atoms with E-state index in [1.165, 1.54) is 0 Å². The molecule has 9 nitrogen and oxygen atoms in total. The van der Waals surface area contributed by atoms with E-state index in [0.29, 0.717) is 28.5 Å². The summed E-state index contributed by atoms with van der Waals surface area (Å²) in [6, 6.07) is 7.61. The van der Waals surface area contributed by atoms with Gasteiger partial charge >= 0.3 is 0 Å². The molecule has 3 aromatic heterocycles. The number of nitrogens with zero attached hydrogens (tertiary/aromatic N) is 3. The van der Waals surface area contributed by atoms with E-state index in [4.69, 9.17) is 9.47 Å². The maximum absolute atomic E-state index is 12.4. The Bertz CT molecular complexity index is 1100. The van der Waals surface area contributed by atoms with Crippen LogP contribution < -0.4 is 20.3 Å². The Morgan fingerprint density at radius 1 is 1.29 bits per heavy atom. The molecule has 0 aromatic carbocycles. The smallest absolute Gasteiger partial charge is 0.254 e. The molecule has 0 saturated carbocycles. The fraction of sp³-hybridized carbons (Fsp3) is 0.318. The van der Waals surface area contributed by atoms with Crippen LogP contribution in [0.1, 0.15) is 10.4 Å². The number of ether oxygens (including phenoxy) is 2. The topological polar surface area (TPSA) is 104 Å². The Labute approximate surface area is 179 Å². The molecule has 2 fully saturated rings. The second-order valence-electron chi connectivity index (χ2n) is 7.96. The Kier molecular flexibility index (Phi) is 4.74. The van der Waals surface area contributed by atoms with Crippen molar-refractivity contribution in [3.63, 3.8) is 0 Å². The van der Waals surface area contributed by atoms with Gasteiger partial charge in [0.15, 0.2) is 11.6 Å². The van der Waals surface area contributed by atoms with Gasteiger partial charge in [0.25, 0.3) is 5.91 Å². The summed E-state index contributed by atoms with van der Waals surface area (Å²) in [5.41, 5.74) is 3.83. The number of H-pyrrole nitrogens is 1. The van der Waals surface area contributed by atoms with Gasteiger partial charge in [0, 0.05) is 38.7 Å². The molecule has 2 aliphatic rings. The van der Waals surface area contributed by atoms with Crippen molar-refractivity contribution in [3.05, 3.63) is 48.4 Å². The second-order valence-corrected chi connectivity index (χ2v) is 7.96. The lowest BCUT2D eigenvalue weighted by molar-refractivity contribution is -0.127. The Morgan fingerprint density at radius 2 is 2.13 bits per heavy atom. The summed E-state index contributed by atoms with van der Waals surface area (Å²) in [6.45, 7) is 3.50. The molecule has 160 valence electrons. The zero-order valence-electron chi connectivity index (χ0n) is 17.4. The van der Waals surface area contributed by atoms with Crippen molar-refractivity contribution in [3.8, 4) is 17.1 Å². The minimum atomic E-state index is -0.238. The molecule has 0 aliphatic carbocycles. The number of amides is 1. The molecule has 0 unspecified atom stereocenters. The Hall–Kier alpha value is -3.59. The summed E-state index contributed by atoms with van der Waals surface area (Å²) < 4.78 is 11.1. The number of carbonyl (C=O) groups excluding carboxylic acids is 1. The van der Waals surface area contributed by atoms with Crippen LogP contribution in [-0.2, 0) is 4.74 Å². The van der Waals surface area contributed by atoms with E-state index in [1.54, 1.807) is 26.6 Å². The molecule has 9 heteroatoms.